The van der Waals surface area contributed by atoms with Gasteiger partial charge in [0.15, 0.2) is 0 Å². The Bertz CT molecular complexity index is 1430. The van der Waals surface area contributed by atoms with Crippen molar-refractivity contribution in [2.75, 3.05) is 25.5 Å². The van der Waals surface area contributed by atoms with Crippen LogP contribution < -0.4 is 15.4 Å². The van der Waals surface area contributed by atoms with E-state index in [0.717, 1.165) is 91.4 Å². The van der Waals surface area contributed by atoms with E-state index in [0.29, 0.717) is 23.8 Å². The van der Waals surface area contributed by atoms with Gasteiger partial charge < -0.3 is 15.4 Å². The van der Waals surface area contributed by atoms with Gasteiger partial charge >= 0.3 is 0 Å². The molecule has 1 aromatic carbocycles. The lowest BCUT2D eigenvalue weighted by Gasteiger charge is -2.60. The second-order valence-electron chi connectivity index (χ2n) is 14.5. The zero-order chi connectivity index (χ0) is 30.4. The molecule has 0 radical (unpaired) electrons. The molecule has 1 atom stereocenters. The maximum atomic E-state index is 6.23. The molecule has 2 N–H and O–H groups in total. The van der Waals surface area contributed by atoms with E-state index >= 15 is 0 Å². The molecule has 3 aromatic rings. The molecule has 5 saturated carbocycles. The average Bonchev–Trinajstić information content (AvgIpc) is 3.59. The maximum absolute atomic E-state index is 6.23. The van der Waals surface area contributed by atoms with Crippen LogP contribution in [0.3, 0.4) is 0 Å². The molecule has 5 aliphatic carbocycles. The molecule has 242 valence electrons. The topological polar surface area (TPSA) is 83.1 Å². The van der Waals surface area contributed by atoms with Crippen molar-refractivity contribution in [3.63, 3.8) is 0 Å². The second kappa shape index (κ2) is 12.4. The number of nitrogens with zero attached hydrogens (tertiary/aromatic N) is 1. The maximum Gasteiger partial charge on any atom is 0.239 e. The first-order valence-electron chi connectivity index (χ1n) is 17.2. The van der Waals surface area contributed by atoms with Gasteiger partial charge in [0, 0.05) is 53.9 Å². The van der Waals surface area contributed by atoms with E-state index in [9.17, 15) is 0 Å². The van der Waals surface area contributed by atoms with E-state index in [1.165, 1.54) is 37.7 Å². The molecule has 4 bridgehead atoms. The van der Waals surface area contributed by atoms with E-state index in [1.807, 2.05) is 12.3 Å². The highest BCUT2D eigenvalue weighted by molar-refractivity contribution is 7.08. The third kappa shape index (κ3) is 5.68. The van der Waals surface area contributed by atoms with Crippen molar-refractivity contribution in [3.8, 4) is 16.9 Å². The number of ether oxygens (including phenoxy) is 1. The first kappa shape index (κ1) is 30.1. The number of hydrogen-bond donors (Lipinski definition) is 2. The summed E-state index contributed by atoms with van der Waals surface area (Å²) in [5.41, 5.74) is 4.27. The molecule has 6 fully saturated rings. The van der Waals surface area contributed by atoms with Gasteiger partial charge in [0.1, 0.15) is 5.75 Å². The van der Waals surface area contributed by atoms with Gasteiger partial charge in [-0.25, -0.2) is 0 Å². The largest absolute Gasteiger partial charge is 0.496 e. The van der Waals surface area contributed by atoms with Gasteiger partial charge in [-0.15, -0.1) is 0 Å². The molecular weight excluding hydrogens is 586 g/mol. The molecule has 1 aliphatic heterocycles. The van der Waals surface area contributed by atoms with Gasteiger partial charge in [-0.05, 0) is 124 Å². The summed E-state index contributed by atoms with van der Waals surface area (Å²) in [6.07, 6.45) is 13.9. The molecule has 2 spiro atoms. The van der Waals surface area contributed by atoms with E-state index < -0.39 is 11.6 Å². The van der Waals surface area contributed by atoms with Crippen LogP contribution in [0.4, 0.5) is 5.69 Å². The summed E-state index contributed by atoms with van der Waals surface area (Å²) in [5, 5.41) is 12.8. The summed E-state index contributed by atoms with van der Waals surface area (Å²) in [7, 11) is 1.74. The number of anilines is 1. The zero-order valence-corrected chi connectivity index (χ0v) is 27.4. The van der Waals surface area contributed by atoms with Crippen LogP contribution in [-0.2, 0) is 19.6 Å². The smallest absolute Gasteiger partial charge is 0.239 e. The third-order valence-corrected chi connectivity index (χ3v) is 12.2. The summed E-state index contributed by atoms with van der Waals surface area (Å²) in [5.74, 6) is 2.61. The van der Waals surface area contributed by atoms with E-state index in [-0.39, 0.29) is 0 Å². The van der Waals surface area contributed by atoms with E-state index in [1.54, 1.807) is 18.4 Å². The van der Waals surface area contributed by atoms with Crippen molar-refractivity contribution >= 4 is 27.9 Å². The summed E-state index contributed by atoms with van der Waals surface area (Å²) >= 11 is 1.69. The van der Waals surface area contributed by atoms with Crippen LogP contribution in [0.15, 0.2) is 41.2 Å². The molecule has 2 aromatic heterocycles. The second-order valence-corrected chi connectivity index (χ2v) is 15.3. The fourth-order valence-electron chi connectivity index (χ4n) is 9.29. The Balaban J connectivity index is 0.783. The van der Waals surface area contributed by atoms with Gasteiger partial charge in [-0.2, -0.15) is 30.9 Å². The van der Waals surface area contributed by atoms with Crippen LogP contribution in [0.1, 0.15) is 77.6 Å². The summed E-state index contributed by atoms with van der Waals surface area (Å²) in [6.45, 7) is 4.27. The monoisotopic (exact) mass is 633 g/mol. The molecule has 9 heteroatoms. The minimum Gasteiger partial charge on any atom is -0.496 e. The number of aromatic nitrogens is 1. The first-order valence-corrected chi connectivity index (χ1v) is 18.2. The molecule has 1 unspecified atom stereocenters. The summed E-state index contributed by atoms with van der Waals surface area (Å²) in [4.78, 5) is 29.5. The molecule has 1 saturated heterocycles. The van der Waals surface area contributed by atoms with Crippen LogP contribution in [-0.4, -0.2) is 42.8 Å². The lowest BCUT2D eigenvalue weighted by Crippen LogP contribution is -2.64. The van der Waals surface area contributed by atoms with Gasteiger partial charge in [0.05, 0.1) is 18.3 Å². The Morgan fingerprint density at radius 1 is 1.02 bits per heavy atom. The highest BCUT2D eigenvalue weighted by atomic mass is 32.1. The minimum absolute atomic E-state index is 0.307. The first-order chi connectivity index (χ1) is 22.0. The number of benzene rings is 1. The SMILES string of the molecule is COc1cc(NC(C)CCCNCC2CCC3(CC2)OOC2(OO3)C3CC4CC(C3)CC2C4)c2ncccc2c1-c1ccsc1. The molecule has 8 nitrogen and oxygen atoms in total. The minimum atomic E-state index is -0.735. The Kier molecular flexibility index (Phi) is 8.29. The normalized spacial score (nSPS) is 34.5. The van der Waals surface area contributed by atoms with Crippen LogP contribution in [0.25, 0.3) is 22.0 Å². The molecule has 3 heterocycles. The van der Waals surface area contributed by atoms with Crippen LogP contribution >= 0.6 is 11.3 Å². The number of fused-ring (bicyclic) bond motifs is 1. The highest BCUT2D eigenvalue weighted by Crippen LogP contribution is 2.62. The standard InChI is InChI=1S/C36H47N3O5S/c1-23(39-31-20-32(40-2)33(27-9-14-45-22-27)30-6-4-13-38-34(30)31)5-3-12-37-21-24-7-10-35(11-8-24)41-43-36(44-42-35)28-16-25-15-26(18-28)19-29(36)17-25/h4,6,9,13-14,20,22-26,28-29,37,39H,3,5,7-8,10-12,15-19,21H2,1-2H3. The lowest BCUT2D eigenvalue weighted by atomic mass is 9.53. The number of rotatable bonds is 10. The lowest BCUT2D eigenvalue weighted by molar-refractivity contribution is -0.680. The molecule has 9 rings (SSSR count). The zero-order valence-electron chi connectivity index (χ0n) is 26.6. The highest BCUT2D eigenvalue weighted by Gasteiger charge is 2.64. The number of methoxy groups -OCH3 is 1. The average molecular weight is 634 g/mol. The number of pyridine rings is 1. The Hall–Kier alpha value is -2.27. The fraction of sp³-hybridized carbons (Fsp3) is 0.639. The summed E-state index contributed by atoms with van der Waals surface area (Å²) in [6, 6.07) is 8.68. The quantitative estimate of drug-likeness (QED) is 0.171. The van der Waals surface area contributed by atoms with Gasteiger partial charge in [-0.1, -0.05) is 6.07 Å². The Morgan fingerprint density at radius 3 is 2.47 bits per heavy atom. The number of hydrogen-bond acceptors (Lipinski definition) is 9. The molecular formula is C36H47N3O5S. The Morgan fingerprint density at radius 2 is 1.78 bits per heavy atom. The van der Waals surface area contributed by atoms with Crippen molar-refractivity contribution in [2.45, 2.75) is 95.2 Å². The predicted molar refractivity (Wildman–Crippen MR) is 176 cm³/mol. The van der Waals surface area contributed by atoms with E-state index in [2.05, 4.69) is 46.5 Å². The van der Waals surface area contributed by atoms with Crippen molar-refractivity contribution in [2.24, 2.45) is 29.6 Å². The Labute approximate surface area is 270 Å². The van der Waals surface area contributed by atoms with Gasteiger partial charge in [0.25, 0.3) is 0 Å². The molecule has 0 amide bonds. The van der Waals surface area contributed by atoms with Crippen molar-refractivity contribution in [1.82, 2.24) is 10.3 Å². The van der Waals surface area contributed by atoms with Crippen molar-refractivity contribution < 1.29 is 24.3 Å². The molecule has 6 aliphatic rings. The summed E-state index contributed by atoms with van der Waals surface area (Å²) < 4.78 is 5.85. The third-order valence-electron chi connectivity index (χ3n) is 11.5. The van der Waals surface area contributed by atoms with Gasteiger partial charge in [-0.3, -0.25) is 4.98 Å². The van der Waals surface area contributed by atoms with E-state index in [4.69, 9.17) is 29.3 Å². The van der Waals surface area contributed by atoms with Crippen LogP contribution in [0.5, 0.6) is 5.75 Å². The molecule has 45 heavy (non-hydrogen) atoms. The van der Waals surface area contributed by atoms with Crippen LogP contribution in [0.2, 0.25) is 0 Å². The predicted octanol–water partition coefficient (Wildman–Crippen LogP) is 8.09. The number of thiophene rings is 1. The van der Waals surface area contributed by atoms with Gasteiger partial charge in [0.2, 0.25) is 11.6 Å². The fourth-order valence-corrected chi connectivity index (χ4v) is 9.94. The number of nitrogens with one attached hydrogen (secondary N) is 2. The van der Waals surface area contributed by atoms with Crippen molar-refractivity contribution in [3.05, 3.63) is 41.2 Å². The van der Waals surface area contributed by atoms with Crippen molar-refractivity contribution in [1.29, 1.82) is 0 Å². The van der Waals surface area contributed by atoms with Crippen LogP contribution in [0, 0.1) is 29.6 Å².